The lowest BCUT2D eigenvalue weighted by atomic mass is 9.89. The molecule has 1 heterocycles. The predicted molar refractivity (Wildman–Crippen MR) is 80.6 cm³/mol. The summed E-state index contributed by atoms with van der Waals surface area (Å²) >= 11 is 6.08. The SMILES string of the molecule is Cc1ccc2c(c1)nc(CCl)n2CC1CCCCC1. The zero-order valence-corrected chi connectivity index (χ0v) is 12.3. The van der Waals surface area contributed by atoms with Gasteiger partial charge in [0.15, 0.2) is 0 Å². The number of aromatic nitrogens is 2. The van der Waals surface area contributed by atoms with Crippen LogP contribution in [0.4, 0.5) is 0 Å². The smallest absolute Gasteiger partial charge is 0.124 e. The average molecular weight is 277 g/mol. The van der Waals surface area contributed by atoms with Crippen molar-refractivity contribution in [2.24, 2.45) is 5.92 Å². The zero-order valence-electron chi connectivity index (χ0n) is 11.5. The Balaban J connectivity index is 1.95. The van der Waals surface area contributed by atoms with E-state index in [2.05, 4.69) is 34.7 Å². The van der Waals surface area contributed by atoms with E-state index in [9.17, 15) is 0 Å². The Bertz CT molecular complexity index is 567. The standard InChI is InChI=1S/C16H21ClN2/c1-12-7-8-15-14(9-12)18-16(10-17)19(15)11-13-5-3-2-4-6-13/h7-9,13H,2-6,10-11H2,1H3. The second kappa shape index (κ2) is 5.54. The van der Waals surface area contributed by atoms with Gasteiger partial charge < -0.3 is 4.57 Å². The molecule has 1 aliphatic rings. The van der Waals surface area contributed by atoms with E-state index in [0.29, 0.717) is 5.88 Å². The van der Waals surface area contributed by atoms with E-state index in [4.69, 9.17) is 11.6 Å². The highest BCUT2D eigenvalue weighted by atomic mass is 35.5. The Kier molecular flexibility index (Phi) is 3.79. The van der Waals surface area contributed by atoms with E-state index in [-0.39, 0.29) is 0 Å². The lowest BCUT2D eigenvalue weighted by Gasteiger charge is -2.23. The maximum atomic E-state index is 6.08. The number of rotatable bonds is 3. The predicted octanol–water partition coefficient (Wildman–Crippen LogP) is 4.66. The molecule has 0 bridgehead atoms. The molecule has 1 aromatic carbocycles. The molecule has 0 unspecified atom stereocenters. The minimum absolute atomic E-state index is 0.500. The summed E-state index contributed by atoms with van der Waals surface area (Å²) in [6.45, 7) is 3.20. The Labute approximate surface area is 119 Å². The monoisotopic (exact) mass is 276 g/mol. The van der Waals surface area contributed by atoms with Crippen LogP contribution in [0.5, 0.6) is 0 Å². The molecule has 3 rings (SSSR count). The minimum atomic E-state index is 0.500. The van der Waals surface area contributed by atoms with Gasteiger partial charge in [0, 0.05) is 6.54 Å². The molecule has 1 aromatic heterocycles. The first kappa shape index (κ1) is 13.0. The van der Waals surface area contributed by atoms with E-state index in [1.807, 2.05) is 0 Å². The van der Waals surface area contributed by atoms with Crippen LogP contribution in [0.1, 0.15) is 43.5 Å². The summed E-state index contributed by atoms with van der Waals surface area (Å²) in [6, 6.07) is 6.51. The highest BCUT2D eigenvalue weighted by Gasteiger charge is 2.17. The molecule has 0 N–H and O–H groups in total. The van der Waals surface area contributed by atoms with Gasteiger partial charge in [-0.25, -0.2) is 4.98 Å². The summed E-state index contributed by atoms with van der Waals surface area (Å²) in [5, 5.41) is 0. The van der Waals surface area contributed by atoms with Crippen LogP contribution in [0.3, 0.4) is 0 Å². The van der Waals surface area contributed by atoms with Gasteiger partial charge >= 0.3 is 0 Å². The average Bonchev–Trinajstić information content (AvgIpc) is 2.77. The van der Waals surface area contributed by atoms with E-state index >= 15 is 0 Å². The first-order chi connectivity index (χ1) is 9.28. The van der Waals surface area contributed by atoms with Gasteiger partial charge in [0.05, 0.1) is 16.9 Å². The molecule has 1 fully saturated rings. The third kappa shape index (κ3) is 2.64. The lowest BCUT2D eigenvalue weighted by Crippen LogP contribution is -2.15. The molecular formula is C16H21ClN2. The number of hydrogen-bond acceptors (Lipinski definition) is 1. The lowest BCUT2D eigenvalue weighted by molar-refractivity contribution is 0.320. The summed E-state index contributed by atoms with van der Waals surface area (Å²) in [5.74, 6) is 2.32. The van der Waals surface area contributed by atoms with Crippen molar-refractivity contribution in [2.45, 2.75) is 51.5 Å². The van der Waals surface area contributed by atoms with Gasteiger partial charge in [0.1, 0.15) is 5.82 Å². The van der Waals surface area contributed by atoms with Crippen LogP contribution >= 0.6 is 11.6 Å². The van der Waals surface area contributed by atoms with Crippen molar-refractivity contribution in [3.05, 3.63) is 29.6 Å². The van der Waals surface area contributed by atoms with Crippen LogP contribution in [0.25, 0.3) is 11.0 Å². The second-order valence-corrected chi connectivity index (χ2v) is 6.04. The molecule has 19 heavy (non-hydrogen) atoms. The number of fused-ring (bicyclic) bond motifs is 1. The van der Waals surface area contributed by atoms with Crippen molar-refractivity contribution >= 4 is 22.6 Å². The summed E-state index contributed by atoms with van der Waals surface area (Å²) in [6.07, 6.45) is 6.88. The van der Waals surface area contributed by atoms with Crippen molar-refractivity contribution in [1.82, 2.24) is 9.55 Å². The van der Waals surface area contributed by atoms with Crippen LogP contribution in [0, 0.1) is 12.8 Å². The fourth-order valence-corrected chi connectivity index (χ4v) is 3.43. The molecular weight excluding hydrogens is 256 g/mol. The van der Waals surface area contributed by atoms with Gasteiger partial charge in [-0.3, -0.25) is 0 Å². The summed E-state index contributed by atoms with van der Waals surface area (Å²) in [7, 11) is 0. The van der Waals surface area contributed by atoms with Crippen LogP contribution in [0.15, 0.2) is 18.2 Å². The number of benzene rings is 1. The minimum Gasteiger partial charge on any atom is -0.327 e. The number of halogens is 1. The van der Waals surface area contributed by atoms with Crippen LogP contribution in [-0.4, -0.2) is 9.55 Å². The molecule has 0 amide bonds. The molecule has 1 aliphatic carbocycles. The summed E-state index contributed by atoms with van der Waals surface area (Å²) < 4.78 is 2.35. The van der Waals surface area contributed by atoms with Crippen LogP contribution in [-0.2, 0) is 12.4 Å². The van der Waals surface area contributed by atoms with Crippen LogP contribution < -0.4 is 0 Å². The fourth-order valence-electron chi connectivity index (χ4n) is 3.22. The number of imidazole rings is 1. The maximum Gasteiger partial charge on any atom is 0.124 e. The molecule has 3 heteroatoms. The van der Waals surface area contributed by atoms with E-state index in [1.165, 1.54) is 43.2 Å². The molecule has 1 saturated carbocycles. The normalized spacial score (nSPS) is 17.2. The Morgan fingerprint density at radius 3 is 2.79 bits per heavy atom. The van der Waals surface area contributed by atoms with E-state index in [1.54, 1.807) is 0 Å². The molecule has 0 spiro atoms. The molecule has 0 aliphatic heterocycles. The van der Waals surface area contributed by atoms with E-state index < -0.39 is 0 Å². The number of aryl methyl sites for hydroxylation is 1. The highest BCUT2D eigenvalue weighted by Crippen LogP contribution is 2.28. The van der Waals surface area contributed by atoms with Gasteiger partial charge in [-0.2, -0.15) is 0 Å². The largest absolute Gasteiger partial charge is 0.327 e. The topological polar surface area (TPSA) is 17.8 Å². The first-order valence-corrected chi connectivity index (χ1v) is 7.83. The van der Waals surface area contributed by atoms with Gasteiger partial charge in [-0.1, -0.05) is 25.3 Å². The zero-order chi connectivity index (χ0) is 13.2. The molecule has 2 nitrogen and oxygen atoms in total. The number of alkyl halides is 1. The number of nitrogens with zero attached hydrogens (tertiary/aromatic N) is 2. The van der Waals surface area contributed by atoms with Crippen molar-refractivity contribution in [1.29, 1.82) is 0 Å². The fraction of sp³-hybridized carbons (Fsp3) is 0.562. The summed E-state index contributed by atoms with van der Waals surface area (Å²) in [4.78, 5) is 4.69. The number of hydrogen-bond donors (Lipinski definition) is 0. The maximum absolute atomic E-state index is 6.08. The van der Waals surface area contributed by atoms with Gasteiger partial charge in [0.2, 0.25) is 0 Å². The Hall–Kier alpha value is -1.02. The Morgan fingerprint density at radius 1 is 1.26 bits per heavy atom. The van der Waals surface area contributed by atoms with Gasteiger partial charge in [-0.05, 0) is 43.4 Å². The van der Waals surface area contributed by atoms with Gasteiger partial charge in [0.25, 0.3) is 0 Å². The van der Waals surface area contributed by atoms with Gasteiger partial charge in [-0.15, -0.1) is 11.6 Å². The Morgan fingerprint density at radius 2 is 2.05 bits per heavy atom. The molecule has 0 saturated heterocycles. The van der Waals surface area contributed by atoms with Crippen molar-refractivity contribution in [3.8, 4) is 0 Å². The molecule has 0 radical (unpaired) electrons. The molecule has 2 aromatic rings. The quantitative estimate of drug-likeness (QED) is 0.745. The third-order valence-electron chi connectivity index (χ3n) is 4.27. The van der Waals surface area contributed by atoms with E-state index in [0.717, 1.165) is 23.8 Å². The first-order valence-electron chi connectivity index (χ1n) is 7.29. The highest BCUT2D eigenvalue weighted by molar-refractivity contribution is 6.16. The van der Waals surface area contributed by atoms with Crippen LogP contribution in [0.2, 0.25) is 0 Å². The van der Waals surface area contributed by atoms with Crippen molar-refractivity contribution in [3.63, 3.8) is 0 Å². The molecule has 102 valence electrons. The molecule has 0 atom stereocenters. The third-order valence-corrected chi connectivity index (χ3v) is 4.51. The summed E-state index contributed by atoms with van der Waals surface area (Å²) in [5.41, 5.74) is 3.59. The second-order valence-electron chi connectivity index (χ2n) is 5.77. The van der Waals surface area contributed by atoms with Crippen molar-refractivity contribution in [2.75, 3.05) is 0 Å². The van der Waals surface area contributed by atoms with Crippen molar-refractivity contribution < 1.29 is 0 Å².